The maximum absolute atomic E-state index is 11.8. The van der Waals surface area contributed by atoms with E-state index in [4.69, 9.17) is 14.6 Å². The first-order valence-electron chi connectivity index (χ1n) is 6.67. The summed E-state index contributed by atoms with van der Waals surface area (Å²) in [5.41, 5.74) is -0.591. The molecule has 1 amide bonds. The Labute approximate surface area is 113 Å². The van der Waals surface area contributed by atoms with Crippen molar-refractivity contribution in [2.75, 3.05) is 26.9 Å². The van der Waals surface area contributed by atoms with Crippen molar-refractivity contribution >= 4 is 11.9 Å². The largest absolute Gasteiger partial charge is 0.481 e. The van der Waals surface area contributed by atoms with Crippen LogP contribution in [0.2, 0.25) is 0 Å². The Morgan fingerprint density at radius 2 is 1.89 bits per heavy atom. The highest BCUT2D eigenvalue weighted by atomic mass is 16.5. The fourth-order valence-corrected chi connectivity index (χ4v) is 2.50. The van der Waals surface area contributed by atoms with Crippen LogP contribution in [0.5, 0.6) is 0 Å². The molecule has 1 saturated carbocycles. The fraction of sp³-hybridized carbons (Fsp3) is 0.846. The van der Waals surface area contributed by atoms with E-state index < -0.39 is 11.5 Å². The molecule has 0 spiro atoms. The van der Waals surface area contributed by atoms with Crippen molar-refractivity contribution in [2.45, 2.75) is 44.1 Å². The smallest absolute Gasteiger partial charge is 0.305 e. The third kappa shape index (κ3) is 6.02. The standard InChI is InChI=1S/C13H23NO5/c1-18-7-8-19-10-11(15)14-13(9-12(16)17)5-3-2-4-6-13/h2-10H2,1H3,(H,14,15)(H,16,17). The molecule has 1 aliphatic carbocycles. The summed E-state index contributed by atoms with van der Waals surface area (Å²) in [6, 6.07) is 0. The molecule has 0 atom stereocenters. The van der Waals surface area contributed by atoms with Crippen LogP contribution in [0.25, 0.3) is 0 Å². The Kier molecular flexibility index (Phi) is 6.80. The predicted molar refractivity (Wildman–Crippen MR) is 68.9 cm³/mol. The van der Waals surface area contributed by atoms with E-state index in [0.717, 1.165) is 32.1 Å². The quantitative estimate of drug-likeness (QED) is 0.643. The van der Waals surface area contributed by atoms with Crippen LogP contribution in [0.1, 0.15) is 38.5 Å². The number of carbonyl (C=O) groups is 2. The first-order chi connectivity index (χ1) is 9.08. The van der Waals surface area contributed by atoms with Gasteiger partial charge < -0.3 is 19.9 Å². The molecule has 6 nitrogen and oxygen atoms in total. The predicted octanol–water partition coefficient (Wildman–Crippen LogP) is 0.943. The van der Waals surface area contributed by atoms with Gasteiger partial charge in [0.25, 0.3) is 0 Å². The summed E-state index contributed by atoms with van der Waals surface area (Å²) >= 11 is 0. The fourth-order valence-electron chi connectivity index (χ4n) is 2.50. The molecule has 0 heterocycles. The second kappa shape index (κ2) is 8.12. The van der Waals surface area contributed by atoms with E-state index in [9.17, 15) is 9.59 Å². The highest BCUT2D eigenvalue weighted by Crippen LogP contribution is 2.31. The molecule has 0 radical (unpaired) electrons. The number of aliphatic carboxylic acids is 1. The van der Waals surface area contributed by atoms with Crippen molar-refractivity contribution in [3.05, 3.63) is 0 Å². The number of rotatable bonds is 8. The summed E-state index contributed by atoms with van der Waals surface area (Å²) in [5, 5.41) is 11.8. The Morgan fingerprint density at radius 1 is 1.21 bits per heavy atom. The van der Waals surface area contributed by atoms with Gasteiger partial charge in [-0.3, -0.25) is 9.59 Å². The van der Waals surface area contributed by atoms with Gasteiger partial charge in [0.2, 0.25) is 5.91 Å². The lowest BCUT2D eigenvalue weighted by atomic mass is 9.79. The molecule has 6 heteroatoms. The molecular formula is C13H23NO5. The van der Waals surface area contributed by atoms with Crippen LogP contribution >= 0.6 is 0 Å². The van der Waals surface area contributed by atoms with Crippen LogP contribution < -0.4 is 5.32 Å². The molecule has 1 rings (SSSR count). The number of amides is 1. The van der Waals surface area contributed by atoms with Gasteiger partial charge in [0.15, 0.2) is 0 Å². The third-order valence-corrected chi connectivity index (χ3v) is 3.37. The lowest BCUT2D eigenvalue weighted by Gasteiger charge is -2.37. The van der Waals surface area contributed by atoms with Crippen molar-refractivity contribution in [3.63, 3.8) is 0 Å². The highest BCUT2D eigenvalue weighted by Gasteiger charge is 2.35. The zero-order chi connectivity index (χ0) is 14.1. The maximum atomic E-state index is 11.8. The number of hydrogen-bond acceptors (Lipinski definition) is 4. The lowest BCUT2D eigenvalue weighted by molar-refractivity contribution is -0.140. The van der Waals surface area contributed by atoms with E-state index >= 15 is 0 Å². The van der Waals surface area contributed by atoms with Crippen LogP contribution in [0.4, 0.5) is 0 Å². The van der Waals surface area contributed by atoms with Crippen LogP contribution in [-0.4, -0.2) is 49.5 Å². The van der Waals surface area contributed by atoms with E-state index in [0.29, 0.717) is 13.2 Å². The first-order valence-corrected chi connectivity index (χ1v) is 6.67. The summed E-state index contributed by atoms with van der Waals surface area (Å²) < 4.78 is 9.95. The molecule has 110 valence electrons. The second-order valence-corrected chi connectivity index (χ2v) is 5.01. The summed E-state index contributed by atoms with van der Waals surface area (Å²) in [7, 11) is 1.56. The number of methoxy groups -OCH3 is 1. The van der Waals surface area contributed by atoms with Crippen molar-refractivity contribution in [2.24, 2.45) is 0 Å². The molecule has 0 aliphatic heterocycles. The number of carboxylic acid groups (broad SMARTS) is 1. The molecule has 0 unspecified atom stereocenters. The van der Waals surface area contributed by atoms with E-state index in [1.54, 1.807) is 7.11 Å². The average Bonchev–Trinajstić information content (AvgIpc) is 2.34. The van der Waals surface area contributed by atoms with Gasteiger partial charge >= 0.3 is 5.97 Å². The SMILES string of the molecule is COCCOCC(=O)NC1(CC(=O)O)CCCCC1. The average molecular weight is 273 g/mol. The highest BCUT2D eigenvalue weighted by molar-refractivity contribution is 5.79. The van der Waals surface area contributed by atoms with Crippen LogP contribution in [0.15, 0.2) is 0 Å². The Morgan fingerprint density at radius 3 is 2.47 bits per heavy atom. The molecule has 0 saturated heterocycles. The molecule has 0 aromatic rings. The summed E-state index contributed by atoms with van der Waals surface area (Å²) in [6.07, 6.45) is 4.45. The number of nitrogens with one attached hydrogen (secondary N) is 1. The molecular weight excluding hydrogens is 250 g/mol. The molecule has 0 aromatic carbocycles. The van der Waals surface area contributed by atoms with Gasteiger partial charge in [0.1, 0.15) is 6.61 Å². The number of carboxylic acids is 1. The van der Waals surface area contributed by atoms with E-state index in [2.05, 4.69) is 5.32 Å². The molecule has 1 fully saturated rings. The minimum absolute atomic E-state index is 0.0171. The molecule has 0 aromatic heterocycles. The Balaban J connectivity index is 2.43. The molecule has 1 aliphatic rings. The van der Waals surface area contributed by atoms with Crippen molar-refractivity contribution < 1.29 is 24.2 Å². The molecule has 19 heavy (non-hydrogen) atoms. The maximum Gasteiger partial charge on any atom is 0.305 e. The molecule has 2 N–H and O–H groups in total. The van der Waals surface area contributed by atoms with Gasteiger partial charge in [-0.2, -0.15) is 0 Å². The third-order valence-electron chi connectivity index (χ3n) is 3.37. The van der Waals surface area contributed by atoms with E-state index in [-0.39, 0.29) is 18.9 Å². The number of ether oxygens (including phenoxy) is 2. The number of carbonyl (C=O) groups excluding carboxylic acids is 1. The van der Waals surface area contributed by atoms with Crippen molar-refractivity contribution in [3.8, 4) is 0 Å². The van der Waals surface area contributed by atoms with Gasteiger partial charge in [-0.1, -0.05) is 19.3 Å². The Hall–Kier alpha value is -1.14. The van der Waals surface area contributed by atoms with Crippen LogP contribution in [0, 0.1) is 0 Å². The Bertz CT molecular complexity index is 299. The minimum atomic E-state index is -0.873. The van der Waals surface area contributed by atoms with Crippen LogP contribution in [-0.2, 0) is 19.1 Å². The van der Waals surface area contributed by atoms with Crippen molar-refractivity contribution in [1.82, 2.24) is 5.32 Å². The van der Waals surface area contributed by atoms with Gasteiger partial charge in [-0.15, -0.1) is 0 Å². The van der Waals surface area contributed by atoms with Crippen LogP contribution in [0.3, 0.4) is 0 Å². The zero-order valence-electron chi connectivity index (χ0n) is 11.4. The van der Waals surface area contributed by atoms with Gasteiger partial charge in [0, 0.05) is 7.11 Å². The van der Waals surface area contributed by atoms with Crippen molar-refractivity contribution in [1.29, 1.82) is 0 Å². The normalized spacial score (nSPS) is 17.9. The summed E-state index contributed by atoms with van der Waals surface area (Å²) in [5.74, 6) is -1.12. The lowest BCUT2D eigenvalue weighted by Crippen LogP contribution is -2.52. The topological polar surface area (TPSA) is 84.9 Å². The molecule has 0 bridgehead atoms. The zero-order valence-corrected chi connectivity index (χ0v) is 11.4. The van der Waals surface area contributed by atoms with Gasteiger partial charge in [0.05, 0.1) is 25.2 Å². The van der Waals surface area contributed by atoms with Gasteiger partial charge in [-0.05, 0) is 12.8 Å². The second-order valence-electron chi connectivity index (χ2n) is 5.01. The summed E-state index contributed by atoms with van der Waals surface area (Å²) in [4.78, 5) is 22.7. The van der Waals surface area contributed by atoms with E-state index in [1.807, 2.05) is 0 Å². The minimum Gasteiger partial charge on any atom is -0.481 e. The van der Waals surface area contributed by atoms with Gasteiger partial charge in [-0.25, -0.2) is 0 Å². The number of hydrogen-bond donors (Lipinski definition) is 2. The monoisotopic (exact) mass is 273 g/mol. The van der Waals surface area contributed by atoms with E-state index in [1.165, 1.54) is 0 Å². The summed E-state index contributed by atoms with van der Waals surface area (Å²) in [6.45, 7) is 0.744. The first kappa shape index (κ1) is 15.9.